The van der Waals surface area contributed by atoms with Crippen molar-refractivity contribution in [1.82, 2.24) is 0 Å². The molecule has 0 bridgehead atoms. The van der Waals surface area contributed by atoms with Crippen LogP contribution in [0.25, 0.3) is 0 Å². The Labute approximate surface area is 49.4 Å². The molecule has 0 spiro atoms. The van der Waals surface area contributed by atoms with Gasteiger partial charge in [0.2, 0.25) is 0 Å². The van der Waals surface area contributed by atoms with Crippen molar-refractivity contribution >= 4 is 18.4 Å². The van der Waals surface area contributed by atoms with Gasteiger partial charge in [-0.2, -0.15) is 0 Å². The Morgan fingerprint density at radius 3 is 2.38 bits per heavy atom. The zero-order valence-corrected chi connectivity index (χ0v) is 5.14. The molecule has 0 atom stereocenters. The van der Waals surface area contributed by atoms with Crippen LogP contribution in [-0.4, -0.2) is 23.5 Å². The summed E-state index contributed by atoms with van der Waals surface area (Å²) in [4.78, 5) is 9.93. The monoisotopic (exact) mass is 112 g/mol. The van der Waals surface area contributed by atoms with E-state index in [9.17, 15) is 4.79 Å². The van der Waals surface area contributed by atoms with Gasteiger partial charge in [0.15, 0.2) is 0 Å². The van der Waals surface area contributed by atoms with E-state index in [-0.39, 0.29) is 6.42 Å². The molecule has 3 heteroatoms. The van der Waals surface area contributed by atoms with Gasteiger partial charge in [0.25, 0.3) is 0 Å². The quantitative estimate of drug-likeness (QED) is 0.525. The number of carbonyl (C=O) groups is 1. The summed E-state index contributed by atoms with van der Waals surface area (Å²) in [5.41, 5.74) is 0.900. The van der Waals surface area contributed by atoms with E-state index in [1.165, 1.54) is 0 Å². The first-order chi connectivity index (χ1) is 3.66. The number of carboxylic acid groups (broad SMARTS) is 1. The van der Waals surface area contributed by atoms with Gasteiger partial charge in [-0.25, -0.2) is 0 Å². The van der Waals surface area contributed by atoms with Crippen LogP contribution in [0.1, 0.15) is 13.3 Å². The minimum atomic E-state index is -0.763. The molecule has 44 valence electrons. The van der Waals surface area contributed by atoms with E-state index in [2.05, 4.69) is 0 Å². The van der Waals surface area contributed by atoms with E-state index in [1.54, 1.807) is 13.8 Å². The molecule has 0 saturated carbocycles. The van der Waals surface area contributed by atoms with Gasteiger partial charge in [0.1, 0.15) is 0 Å². The summed E-state index contributed by atoms with van der Waals surface area (Å²) in [5, 5.41) is 8.17. The van der Waals surface area contributed by atoms with Gasteiger partial charge in [0, 0.05) is 0 Å². The molecule has 0 aliphatic rings. The van der Waals surface area contributed by atoms with Gasteiger partial charge in [-0.05, 0) is 0 Å². The summed E-state index contributed by atoms with van der Waals surface area (Å²) in [7, 11) is 0. The van der Waals surface area contributed by atoms with Gasteiger partial charge in [-0.3, -0.25) is 0 Å². The predicted octanol–water partition coefficient (Wildman–Crippen LogP) is 0.406. The molecule has 0 aromatic rings. The van der Waals surface area contributed by atoms with E-state index in [4.69, 9.17) is 5.11 Å². The Morgan fingerprint density at radius 2 is 2.25 bits per heavy atom. The molecule has 0 radical (unpaired) electrons. The number of carboxylic acids is 1. The third kappa shape index (κ3) is 3.59. The molecular weight excluding hydrogens is 103 g/mol. The molecular formula is C5H9BO2. The summed E-state index contributed by atoms with van der Waals surface area (Å²) < 4.78 is 0. The van der Waals surface area contributed by atoms with E-state index in [0.29, 0.717) is 0 Å². The van der Waals surface area contributed by atoms with Crippen LogP contribution in [0.15, 0.2) is 0 Å². The van der Waals surface area contributed by atoms with Crippen molar-refractivity contribution in [2.45, 2.75) is 20.2 Å². The predicted molar refractivity (Wildman–Crippen MR) is 34.6 cm³/mol. The van der Waals surface area contributed by atoms with Crippen LogP contribution in [0.4, 0.5) is 0 Å². The Hall–Kier alpha value is -0.595. The van der Waals surface area contributed by atoms with Crippen LogP contribution in [0.2, 0.25) is 6.82 Å². The molecule has 0 amide bonds. The summed E-state index contributed by atoms with van der Waals surface area (Å²) in [5.74, 6) is -0.763. The Kier molecular flexibility index (Phi) is 3.16. The zero-order valence-electron chi connectivity index (χ0n) is 5.14. The number of aliphatic carboxylic acids is 1. The zero-order chi connectivity index (χ0) is 6.57. The summed E-state index contributed by atoms with van der Waals surface area (Å²) in [6.45, 7) is 5.43. The second kappa shape index (κ2) is 3.41. The van der Waals surface area contributed by atoms with E-state index in [1.807, 2.05) is 6.82 Å². The molecule has 0 aliphatic carbocycles. The van der Waals surface area contributed by atoms with Gasteiger partial charge < -0.3 is 0 Å². The second-order valence-corrected chi connectivity index (χ2v) is 1.71. The molecule has 0 aromatic heterocycles. The van der Waals surface area contributed by atoms with Crippen LogP contribution in [0.5, 0.6) is 0 Å². The maximum absolute atomic E-state index is 9.93. The Bertz CT molecular complexity index is 118. The first-order valence-corrected chi connectivity index (χ1v) is 2.50. The van der Waals surface area contributed by atoms with E-state index < -0.39 is 5.97 Å². The molecule has 0 rings (SSSR count). The van der Waals surface area contributed by atoms with E-state index >= 15 is 0 Å². The van der Waals surface area contributed by atoms with Crippen molar-refractivity contribution in [3.05, 3.63) is 0 Å². The molecule has 8 heavy (non-hydrogen) atoms. The fourth-order valence-electron chi connectivity index (χ4n) is 0.341. The van der Waals surface area contributed by atoms with Gasteiger partial charge in [-0.1, -0.05) is 0 Å². The molecule has 1 N–H and O–H groups in total. The number of rotatable bonds is 2. The normalized spacial score (nSPS) is 10.5. The molecule has 0 saturated heterocycles. The Balaban J connectivity index is 3.56. The van der Waals surface area contributed by atoms with Crippen LogP contribution in [0, 0.1) is 0 Å². The standard InChI is InChI=1S/C5H9BO2/c1-4(6-2)3-5(7)8/h3H2,1-2H3,(H,7,8). The summed E-state index contributed by atoms with van der Waals surface area (Å²) in [6.07, 6.45) is 0.163. The van der Waals surface area contributed by atoms with Crippen molar-refractivity contribution in [3.8, 4) is 0 Å². The molecule has 0 aliphatic heterocycles. The van der Waals surface area contributed by atoms with Crippen molar-refractivity contribution in [1.29, 1.82) is 0 Å². The Morgan fingerprint density at radius 1 is 1.75 bits per heavy atom. The van der Waals surface area contributed by atoms with Gasteiger partial charge in [-0.15, -0.1) is 0 Å². The van der Waals surface area contributed by atoms with Crippen LogP contribution >= 0.6 is 0 Å². The summed E-state index contributed by atoms with van der Waals surface area (Å²) in [6, 6.07) is 0. The fourth-order valence-corrected chi connectivity index (χ4v) is 0.341. The minimum absolute atomic E-state index is 0.163. The SMILES string of the molecule is CB=C(C)CC(=O)O. The van der Waals surface area contributed by atoms with Crippen molar-refractivity contribution in [2.75, 3.05) is 0 Å². The van der Waals surface area contributed by atoms with Crippen molar-refractivity contribution < 1.29 is 9.90 Å². The second-order valence-electron chi connectivity index (χ2n) is 1.71. The van der Waals surface area contributed by atoms with Crippen molar-refractivity contribution in [3.63, 3.8) is 0 Å². The van der Waals surface area contributed by atoms with Gasteiger partial charge in [0.05, 0.1) is 0 Å². The molecule has 0 fully saturated rings. The molecule has 0 heterocycles. The number of hydrogen-bond acceptors (Lipinski definition) is 1. The average Bonchev–Trinajstić information content (AvgIpc) is 1.65. The van der Waals surface area contributed by atoms with Crippen LogP contribution in [0.3, 0.4) is 0 Å². The molecule has 0 unspecified atom stereocenters. The summed E-state index contributed by atoms with van der Waals surface area (Å²) >= 11 is 0. The first kappa shape index (κ1) is 7.40. The van der Waals surface area contributed by atoms with Gasteiger partial charge >= 0.3 is 48.4 Å². The average molecular weight is 112 g/mol. The third-order valence-corrected chi connectivity index (χ3v) is 0.923. The third-order valence-electron chi connectivity index (χ3n) is 0.923. The first-order valence-electron chi connectivity index (χ1n) is 2.50. The van der Waals surface area contributed by atoms with Crippen LogP contribution < -0.4 is 0 Å². The molecule has 0 aromatic carbocycles. The van der Waals surface area contributed by atoms with E-state index in [0.717, 1.165) is 5.46 Å². The van der Waals surface area contributed by atoms with Crippen molar-refractivity contribution in [2.24, 2.45) is 0 Å². The topological polar surface area (TPSA) is 37.3 Å². The maximum atomic E-state index is 9.93. The fraction of sp³-hybridized carbons (Fsp3) is 0.600. The number of hydrogen-bond donors (Lipinski definition) is 1. The van der Waals surface area contributed by atoms with Crippen LogP contribution in [-0.2, 0) is 4.79 Å². The molecule has 2 nitrogen and oxygen atoms in total.